The summed E-state index contributed by atoms with van der Waals surface area (Å²) in [7, 11) is 1.60. The number of aryl methyl sites for hydroxylation is 1. The third-order valence-electron chi connectivity index (χ3n) is 5.24. The third kappa shape index (κ3) is 7.31. The lowest BCUT2D eigenvalue weighted by Gasteiger charge is -2.31. The highest BCUT2D eigenvalue weighted by atomic mass is 16.5. The number of nitrogens with one attached hydrogen (secondary N) is 1. The molecule has 0 aliphatic carbocycles. The van der Waals surface area contributed by atoms with Crippen LogP contribution in [0.15, 0.2) is 48.5 Å². The molecule has 0 heterocycles. The fourth-order valence-electron chi connectivity index (χ4n) is 3.27. The Morgan fingerprint density at radius 1 is 1.03 bits per heavy atom. The van der Waals surface area contributed by atoms with Gasteiger partial charge in [-0.25, -0.2) is 0 Å². The maximum atomic E-state index is 13.2. The first kappa shape index (κ1) is 24.3. The number of hydrogen-bond acceptors (Lipinski definition) is 4. The van der Waals surface area contributed by atoms with Gasteiger partial charge in [0, 0.05) is 12.6 Å². The van der Waals surface area contributed by atoms with Crippen LogP contribution < -0.4 is 14.8 Å². The number of nitrogens with zero attached hydrogens (tertiary/aromatic N) is 1. The summed E-state index contributed by atoms with van der Waals surface area (Å²) in [5.74, 6) is 0.917. The molecular formula is C25H34N2O4. The Kier molecular flexibility index (Phi) is 9.38. The highest BCUT2D eigenvalue weighted by Crippen LogP contribution is 2.18. The number of amides is 2. The molecule has 0 spiro atoms. The topological polar surface area (TPSA) is 67.9 Å². The van der Waals surface area contributed by atoms with E-state index in [0.29, 0.717) is 24.5 Å². The fraction of sp³-hybridized carbons (Fsp3) is 0.440. The third-order valence-corrected chi connectivity index (χ3v) is 5.24. The van der Waals surface area contributed by atoms with Crippen molar-refractivity contribution in [2.45, 2.75) is 59.2 Å². The zero-order chi connectivity index (χ0) is 22.8. The second kappa shape index (κ2) is 12.0. The molecule has 0 saturated heterocycles. The Bertz CT molecular complexity index is 851. The molecule has 168 valence electrons. The Balaban J connectivity index is 2.19. The Morgan fingerprint density at radius 2 is 1.71 bits per heavy atom. The van der Waals surface area contributed by atoms with Crippen molar-refractivity contribution in [1.82, 2.24) is 10.2 Å². The summed E-state index contributed by atoms with van der Waals surface area (Å²) in [6, 6.07) is 14.5. The lowest BCUT2D eigenvalue weighted by atomic mass is 10.1. The van der Waals surface area contributed by atoms with Gasteiger partial charge in [0.05, 0.1) is 7.11 Å². The molecule has 0 aliphatic heterocycles. The van der Waals surface area contributed by atoms with E-state index >= 15 is 0 Å². The van der Waals surface area contributed by atoms with Crippen molar-refractivity contribution in [2.24, 2.45) is 0 Å². The average molecular weight is 427 g/mol. The van der Waals surface area contributed by atoms with Crippen LogP contribution in [0, 0.1) is 6.92 Å². The zero-order valence-electron chi connectivity index (χ0n) is 19.2. The van der Waals surface area contributed by atoms with Crippen molar-refractivity contribution in [2.75, 3.05) is 13.7 Å². The lowest BCUT2D eigenvalue weighted by Crippen LogP contribution is -2.51. The van der Waals surface area contributed by atoms with E-state index in [1.54, 1.807) is 36.3 Å². The van der Waals surface area contributed by atoms with Gasteiger partial charge < -0.3 is 19.7 Å². The summed E-state index contributed by atoms with van der Waals surface area (Å²) in [4.78, 5) is 27.7. The summed E-state index contributed by atoms with van der Waals surface area (Å²) in [6.07, 6.45) is 1.34. The number of hydrogen-bond donors (Lipinski definition) is 1. The van der Waals surface area contributed by atoms with Crippen LogP contribution in [0.25, 0.3) is 0 Å². The van der Waals surface area contributed by atoms with E-state index in [1.807, 2.05) is 52.0 Å². The average Bonchev–Trinajstić information content (AvgIpc) is 2.77. The lowest BCUT2D eigenvalue weighted by molar-refractivity contribution is -0.143. The number of benzene rings is 2. The maximum Gasteiger partial charge on any atom is 0.261 e. The van der Waals surface area contributed by atoms with Gasteiger partial charge in [0.1, 0.15) is 17.5 Å². The van der Waals surface area contributed by atoms with Crippen molar-refractivity contribution >= 4 is 11.8 Å². The largest absolute Gasteiger partial charge is 0.497 e. The van der Waals surface area contributed by atoms with Gasteiger partial charge in [-0.1, -0.05) is 43.7 Å². The standard InChI is InChI=1S/C25H34N2O4/c1-6-19(4)26-25(29)23(7-2)27(16-20-10-8-9-18(3)15-20)24(28)17-31-22-13-11-21(30-5)12-14-22/h8-15,19,23H,6-7,16-17H2,1-5H3,(H,26,29). The predicted octanol–water partition coefficient (Wildman–Crippen LogP) is 4.10. The Morgan fingerprint density at radius 3 is 2.29 bits per heavy atom. The molecular weight excluding hydrogens is 392 g/mol. The van der Waals surface area contributed by atoms with E-state index < -0.39 is 6.04 Å². The normalized spacial score (nSPS) is 12.5. The molecule has 2 amide bonds. The molecule has 0 radical (unpaired) electrons. The Hall–Kier alpha value is -3.02. The van der Waals surface area contributed by atoms with E-state index in [0.717, 1.165) is 17.5 Å². The van der Waals surface area contributed by atoms with E-state index in [9.17, 15) is 9.59 Å². The van der Waals surface area contributed by atoms with Crippen LogP contribution >= 0.6 is 0 Å². The molecule has 1 N–H and O–H groups in total. The molecule has 6 heteroatoms. The van der Waals surface area contributed by atoms with Crippen molar-refractivity contribution < 1.29 is 19.1 Å². The summed E-state index contributed by atoms with van der Waals surface area (Å²) in [6.45, 7) is 8.11. The summed E-state index contributed by atoms with van der Waals surface area (Å²) in [5, 5.41) is 3.01. The molecule has 0 aromatic heterocycles. The minimum atomic E-state index is -0.568. The second-order valence-corrected chi connectivity index (χ2v) is 7.72. The molecule has 2 atom stereocenters. The monoisotopic (exact) mass is 426 g/mol. The first-order valence-corrected chi connectivity index (χ1v) is 10.8. The van der Waals surface area contributed by atoms with Crippen LogP contribution in [-0.2, 0) is 16.1 Å². The van der Waals surface area contributed by atoms with E-state index in [-0.39, 0.29) is 24.5 Å². The quantitative estimate of drug-likeness (QED) is 0.587. The molecule has 2 unspecified atom stereocenters. The molecule has 0 aliphatic rings. The number of rotatable bonds is 11. The minimum Gasteiger partial charge on any atom is -0.497 e. The Labute approximate surface area is 185 Å². The molecule has 2 aromatic carbocycles. The van der Waals surface area contributed by atoms with Crippen molar-refractivity contribution in [3.63, 3.8) is 0 Å². The molecule has 0 fully saturated rings. The summed E-state index contributed by atoms with van der Waals surface area (Å²) >= 11 is 0. The van der Waals surface area contributed by atoms with E-state index in [4.69, 9.17) is 9.47 Å². The van der Waals surface area contributed by atoms with E-state index in [2.05, 4.69) is 5.32 Å². The van der Waals surface area contributed by atoms with Gasteiger partial charge in [0.15, 0.2) is 6.61 Å². The van der Waals surface area contributed by atoms with Crippen LogP contribution in [0.2, 0.25) is 0 Å². The van der Waals surface area contributed by atoms with Crippen molar-refractivity contribution in [1.29, 1.82) is 0 Å². The van der Waals surface area contributed by atoms with Gasteiger partial charge in [-0.15, -0.1) is 0 Å². The van der Waals surface area contributed by atoms with Gasteiger partial charge in [-0.3, -0.25) is 9.59 Å². The van der Waals surface area contributed by atoms with Crippen molar-refractivity contribution in [3.8, 4) is 11.5 Å². The number of carbonyl (C=O) groups is 2. The zero-order valence-corrected chi connectivity index (χ0v) is 19.2. The van der Waals surface area contributed by atoms with Gasteiger partial charge in [-0.2, -0.15) is 0 Å². The van der Waals surface area contributed by atoms with Crippen LogP contribution in [0.5, 0.6) is 11.5 Å². The molecule has 6 nitrogen and oxygen atoms in total. The van der Waals surface area contributed by atoms with Gasteiger partial charge in [0.2, 0.25) is 5.91 Å². The predicted molar refractivity (Wildman–Crippen MR) is 122 cm³/mol. The minimum absolute atomic E-state index is 0.0491. The highest BCUT2D eigenvalue weighted by molar-refractivity contribution is 5.88. The van der Waals surface area contributed by atoms with E-state index in [1.165, 1.54) is 0 Å². The van der Waals surface area contributed by atoms with Crippen LogP contribution in [-0.4, -0.2) is 42.5 Å². The molecule has 31 heavy (non-hydrogen) atoms. The molecule has 0 saturated carbocycles. The fourth-order valence-corrected chi connectivity index (χ4v) is 3.27. The van der Waals surface area contributed by atoms with Gasteiger partial charge in [-0.05, 0) is 56.5 Å². The highest BCUT2D eigenvalue weighted by Gasteiger charge is 2.29. The van der Waals surface area contributed by atoms with Gasteiger partial charge in [0.25, 0.3) is 5.91 Å². The molecule has 0 bridgehead atoms. The van der Waals surface area contributed by atoms with Crippen LogP contribution in [0.1, 0.15) is 44.7 Å². The second-order valence-electron chi connectivity index (χ2n) is 7.72. The van der Waals surface area contributed by atoms with Gasteiger partial charge >= 0.3 is 0 Å². The number of methoxy groups -OCH3 is 1. The maximum absolute atomic E-state index is 13.2. The number of carbonyl (C=O) groups excluding carboxylic acids is 2. The van der Waals surface area contributed by atoms with Crippen molar-refractivity contribution in [3.05, 3.63) is 59.7 Å². The SMILES string of the molecule is CCC(C)NC(=O)C(CC)N(Cc1cccc(C)c1)C(=O)COc1ccc(OC)cc1. The summed E-state index contributed by atoms with van der Waals surface area (Å²) in [5.41, 5.74) is 2.09. The molecule has 2 rings (SSSR count). The van der Waals surface area contributed by atoms with Crippen LogP contribution in [0.3, 0.4) is 0 Å². The molecule has 2 aromatic rings. The van der Waals surface area contributed by atoms with Crippen LogP contribution in [0.4, 0.5) is 0 Å². The number of ether oxygens (including phenoxy) is 2. The first-order chi connectivity index (χ1) is 14.9. The first-order valence-electron chi connectivity index (χ1n) is 10.8. The smallest absolute Gasteiger partial charge is 0.261 e. The summed E-state index contributed by atoms with van der Waals surface area (Å²) < 4.78 is 10.9.